The van der Waals surface area contributed by atoms with Gasteiger partial charge in [0.15, 0.2) is 0 Å². The van der Waals surface area contributed by atoms with E-state index in [-0.39, 0.29) is 5.16 Å². The van der Waals surface area contributed by atoms with Gasteiger partial charge in [-0.1, -0.05) is 182 Å². The molecule has 0 saturated carbocycles. The number of nitrogens with zero attached hydrogens (tertiary/aromatic N) is 2. The number of benzene rings is 5. The van der Waals surface area contributed by atoms with Crippen LogP contribution in [0.3, 0.4) is 0 Å². The smallest absolute Gasteiger partial charge is 0.206 e. The predicted molar refractivity (Wildman–Crippen MR) is 184 cm³/mol. The molecule has 208 valence electrons. The molecular formula is C38H39BN2Si. The first-order valence-corrected chi connectivity index (χ1v) is 16.4. The summed E-state index contributed by atoms with van der Waals surface area (Å²) in [5.74, 6) is 0. The molecule has 6 rings (SSSR count). The predicted octanol–water partition coefficient (Wildman–Crippen LogP) is 6.00. The average molecular weight is 563 g/mol. The highest BCUT2D eigenvalue weighted by molar-refractivity contribution is 6.84. The van der Waals surface area contributed by atoms with Gasteiger partial charge in [-0.3, -0.25) is 0 Å². The van der Waals surface area contributed by atoms with Crippen molar-refractivity contribution < 1.29 is 0 Å². The Balaban J connectivity index is 0.000000211. The number of imidazole rings is 1. The van der Waals surface area contributed by atoms with Crippen LogP contribution in [0.1, 0.15) is 30.0 Å². The second-order valence-electron chi connectivity index (χ2n) is 10.8. The van der Waals surface area contributed by atoms with Gasteiger partial charge in [0.05, 0.1) is 21.0 Å². The number of hydrogen-bond acceptors (Lipinski definition) is 1. The molecule has 6 aromatic rings. The summed E-state index contributed by atoms with van der Waals surface area (Å²) in [6, 6.07) is 52.3. The highest BCUT2D eigenvalue weighted by Gasteiger charge is 2.36. The Morgan fingerprint density at radius 2 is 1.12 bits per heavy atom. The van der Waals surface area contributed by atoms with E-state index in [4.69, 9.17) is 0 Å². The van der Waals surface area contributed by atoms with Crippen molar-refractivity contribution in [2.75, 3.05) is 0 Å². The zero-order valence-electron chi connectivity index (χ0n) is 24.7. The van der Waals surface area contributed by atoms with Crippen molar-refractivity contribution in [1.29, 1.82) is 0 Å². The Kier molecular flexibility index (Phi) is 10.0. The first-order chi connectivity index (χ1) is 20.7. The fraction of sp³-hybridized carbons (Fsp3) is 0.132. The Morgan fingerprint density at radius 3 is 1.55 bits per heavy atom. The normalized spacial score (nSPS) is 11.2. The third-order valence-corrected chi connectivity index (χ3v) is 10.6. The van der Waals surface area contributed by atoms with Crippen molar-refractivity contribution in [1.82, 2.24) is 9.55 Å². The first-order valence-electron chi connectivity index (χ1n) is 15.0. The molecule has 0 aliphatic heterocycles. The van der Waals surface area contributed by atoms with Gasteiger partial charge in [-0.15, -0.1) is 0 Å². The summed E-state index contributed by atoms with van der Waals surface area (Å²) in [6.45, 7) is 4.96. The maximum absolute atomic E-state index is 4.40. The first kappa shape index (κ1) is 29.1. The van der Waals surface area contributed by atoms with Crippen LogP contribution < -0.4 is 16.1 Å². The molecule has 0 spiro atoms. The van der Waals surface area contributed by atoms with Gasteiger partial charge < -0.3 is 4.57 Å². The standard InChI is InChI=1S/C25H26N2Si.C13H13B/c1-2-9-21-14-16-24(17-15-21)28-25(27-19-18-26-20-27,22-10-5-3-6-11-22)23-12-7-4-8-13-23;1-14(12-8-4-2-5-9-12)13-10-6-3-7-11-13/h3-8,10-20H,2,9,28H2,1H3;2-11H,1H3. The Hall–Kier alpha value is -4.41. The quantitative estimate of drug-likeness (QED) is 0.198. The fourth-order valence-corrected chi connectivity index (χ4v) is 8.07. The lowest BCUT2D eigenvalue weighted by Crippen LogP contribution is -2.46. The van der Waals surface area contributed by atoms with E-state index in [2.05, 4.69) is 175 Å². The van der Waals surface area contributed by atoms with Crippen LogP contribution in [0.25, 0.3) is 0 Å². The van der Waals surface area contributed by atoms with E-state index in [1.54, 1.807) is 0 Å². The number of aryl methyl sites for hydroxylation is 1. The Bertz CT molecular complexity index is 1510. The van der Waals surface area contributed by atoms with E-state index in [0.717, 1.165) is 6.42 Å². The van der Waals surface area contributed by atoms with Gasteiger partial charge in [-0.05, 0) is 23.1 Å². The molecule has 0 amide bonds. The summed E-state index contributed by atoms with van der Waals surface area (Å²) >= 11 is 0. The van der Waals surface area contributed by atoms with E-state index >= 15 is 0 Å². The van der Waals surface area contributed by atoms with Crippen molar-refractivity contribution in [3.8, 4) is 0 Å². The van der Waals surface area contributed by atoms with E-state index in [0.29, 0.717) is 6.71 Å². The molecular weight excluding hydrogens is 523 g/mol. The summed E-state index contributed by atoms with van der Waals surface area (Å²) in [5, 5.41) is 1.26. The third-order valence-electron chi connectivity index (χ3n) is 8.07. The van der Waals surface area contributed by atoms with E-state index in [9.17, 15) is 0 Å². The monoisotopic (exact) mass is 562 g/mol. The molecule has 5 aromatic carbocycles. The van der Waals surface area contributed by atoms with Crippen LogP contribution in [0.5, 0.6) is 0 Å². The van der Waals surface area contributed by atoms with Crippen molar-refractivity contribution in [2.24, 2.45) is 0 Å². The molecule has 0 atom stereocenters. The van der Waals surface area contributed by atoms with Crippen molar-refractivity contribution >= 4 is 32.3 Å². The lowest BCUT2D eigenvalue weighted by molar-refractivity contribution is 0.596. The molecule has 2 nitrogen and oxygen atoms in total. The minimum atomic E-state index is -0.777. The van der Waals surface area contributed by atoms with Crippen LogP contribution in [-0.2, 0) is 11.6 Å². The maximum atomic E-state index is 4.40. The second-order valence-corrected chi connectivity index (χ2v) is 13.0. The van der Waals surface area contributed by atoms with Crippen LogP contribution in [0, 0.1) is 0 Å². The largest absolute Gasteiger partial charge is 0.326 e. The Labute approximate surface area is 254 Å². The topological polar surface area (TPSA) is 17.8 Å². The number of hydrogen-bond donors (Lipinski definition) is 0. The van der Waals surface area contributed by atoms with Gasteiger partial charge in [0.25, 0.3) is 0 Å². The molecule has 0 aliphatic rings. The molecule has 0 radical (unpaired) electrons. The van der Waals surface area contributed by atoms with Gasteiger partial charge in [0, 0.05) is 12.4 Å². The van der Waals surface area contributed by atoms with Crippen LogP contribution >= 0.6 is 0 Å². The van der Waals surface area contributed by atoms with Crippen LogP contribution in [0.15, 0.2) is 164 Å². The van der Waals surface area contributed by atoms with Crippen molar-refractivity contribution in [2.45, 2.75) is 31.8 Å². The minimum Gasteiger partial charge on any atom is -0.326 e. The zero-order chi connectivity index (χ0) is 29.0. The van der Waals surface area contributed by atoms with Crippen LogP contribution in [0.2, 0.25) is 6.82 Å². The molecule has 4 heteroatoms. The summed E-state index contributed by atoms with van der Waals surface area (Å²) in [5.41, 5.74) is 6.82. The molecule has 1 aromatic heterocycles. The fourth-order valence-electron chi connectivity index (χ4n) is 5.76. The van der Waals surface area contributed by atoms with Gasteiger partial charge in [-0.2, -0.15) is 0 Å². The van der Waals surface area contributed by atoms with E-state index in [1.807, 2.05) is 12.5 Å². The number of aromatic nitrogens is 2. The second kappa shape index (κ2) is 14.5. The summed E-state index contributed by atoms with van der Waals surface area (Å²) in [6.07, 6.45) is 8.30. The molecule has 0 saturated heterocycles. The molecule has 0 bridgehead atoms. The lowest BCUT2D eigenvalue weighted by atomic mass is 9.43. The van der Waals surface area contributed by atoms with E-state index in [1.165, 1.54) is 39.2 Å². The van der Waals surface area contributed by atoms with E-state index < -0.39 is 9.52 Å². The summed E-state index contributed by atoms with van der Waals surface area (Å²) in [7, 11) is -0.777. The average Bonchev–Trinajstić information content (AvgIpc) is 3.62. The molecule has 0 aliphatic carbocycles. The molecule has 0 N–H and O–H groups in total. The van der Waals surface area contributed by atoms with Gasteiger partial charge >= 0.3 is 0 Å². The lowest BCUT2D eigenvalue weighted by Gasteiger charge is -2.37. The highest BCUT2D eigenvalue weighted by Crippen LogP contribution is 2.33. The van der Waals surface area contributed by atoms with Crippen LogP contribution in [-0.4, -0.2) is 25.8 Å². The third kappa shape index (κ3) is 6.90. The van der Waals surface area contributed by atoms with Gasteiger partial charge in [0.1, 0.15) is 0 Å². The Morgan fingerprint density at radius 1 is 0.643 bits per heavy atom. The maximum Gasteiger partial charge on any atom is 0.206 e. The van der Waals surface area contributed by atoms with Gasteiger partial charge in [0.2, 0.25) is 6.71 Å². The zero-order valence-corrected chi connectivity index (χ0v) is 26.1. The molecule has 0 unspecified atom stereocenters. The van der Waals surface area contributed by atoms with Crippen molar-refractivity contribution in [3.63, 3.8) is 0 Å². The minimum absolute atomic E-state index is 0.203. The summed E-state index contributed by atoms with van der Waals surface area (Å²) < 4.78 is 2.31. The molecule has 42 heavy (non-hydrogen) atoms. The van der Waals surface area contributed by atoms with Gasteiger partial charge in [-0.25, -0.2) is 4.98 Å². The number of rotatable bonds is 9. The molecule has 0 fully saturated rings. The molecule has 1 heterocycles. The van der Waals surface area contributed by atoms with Crippen molar-refractivity contribution in [3.05, 3.63) is 181 Å². The highest BCUT2D eigenvalue weighted by atomic mass is 28.2. The summed E-state index contributed by atoms with van der Waals surface area (Å²) in [4.78, 5) is 4.40. The SMILES string of the molecule is CB(c1ccccc1)c1ccccc1.CCCc1ccc([SiH2]C(c2ccccc2)(c2ccccc2)n2ccnc2)cc1. The van der Waals surface area contributed by atoms with Crippen LogP contribution in [0.4, 0.5) is 0 Å².